The van der Waals surface area contributed by atoms with Gasteiger partial charge in [0.1, 0.15) is 11.5 Å². The van der Waals surface area contributed by atoms with Crippen LogP contribution in [0.1, 0.15) is 43.7 Å². The van der Waals surface area contributed by atoms with Crippen molar-refractivity contribution in [2.24, 2.45) is 5.92 Å². The van der Waals surface area contributed by atoms with Gasteiger partial charge in [-0.25, -0.2) is 4.98 Å². The Balaban J connectivity index is 2.22. The van der Waals surface area contributed by atoms with E-state index in [9.17, 15) is 4.79 Å². The van der Waals surface area contributed by atoms with E-state index in [-0.39, 0.29) is 12.0 Å². The van der Waals surface area contributed by atoms with Gasteiger partial charge < -0.3 is 9.47 Å². The topological polar surface area (TPSA) is 60.5 Å². The number of nitrogens with one attached hydrogen (secondary N) is 1. The van der Waals surface area contributed by atoms with Gasteiger partial charge in [0.25, 0.3) is 5.91 Å². The van der Waals surface area contributed by atoms with Crippen molar-refractivity contribution in [2.75, 3.05) is 11.9 Å². The molecule has 0 saturated heterocycles. The highest BCUT2D eigenvalue weighted by atomic mass is 32.1. The Morgan fingerprint density at radius 1 is 1.21 bits per heavy atom. The van der Waals surface area contributed by atoms with E-state index < -0.39 is 0 Å². The maximum atomic E-state index is 12.5. The van der Waals surface area contributed by atoms with Crippen LogP contribution < -0.4 is 14.8 Å². The lowest BCUT2D eigenvalue weighted by Crippen LogP contribution is -2.14. The molecule has 0 aliphatic rings. The van der Waals surface area contributed by atoms with Crippen LogP contribution in [0.2, 0.25) is 0 Å². The number of aryl methyl sites for hydroxylation is 1. The van der Waals surface area contributed by atoms with Crippen LogP contribution in [0.15, 0.2) is 23.6 Å². The van der Waals surface area contributed by atoms with E-state index in [1.165, 1.54) is 11.3 Å². The summed E-state index contributed by atoms with van der Waals surface area (Å²) in [7, 11) is 0. The van der Waals surface area contributed by atoms with E-state index in [1.807, 2.05) is 32.2 Å². The predicted molar refractivity (Wildman–Crippen MR) is 97.3 cm³/mol. The van der Waals surface area contributed by atoms with Gasteiger partial charge in [-0.2, -0.15) is 0 Å². The Morgan fingerprint density at radius 3 is 2.50 bits per heavy atom. The van der Waals surface area contributed by atoms with Gasteiger partial charge in [-0.05, 0) is 38.8 Å². The van der Waals surface area contributed by atoms with Crippen LogP contribution in [-0.2, 0) is 0 Å². The largest absolute Gasteiger partial charge is 0.493 e. The number of amides is 1. The summed E-state index contributed by atoms with van der Waals surface area (Å²) in [5.41, 5.74) is 1.37. The lowest BCUT2D eigenvalue weighted by molar-refractivity contribution is 0.102. The smallest absolute Gasteiger partial charge is 0.257 e. The first kappa shape index (κ1) is 18.3. The van der Waals surface area contributed by atoms with Crippen LogP contribution in [-0.4, -0.2) is 23.6 Å². The summed E-state index contributed by atoms with van der Waals surface area (Å²) in [5.74, 6) is 1.41. The highest BCUT2D eigenvalue weighted by molar-refractivity contribution is 7.13. The van der Waals surface area contributed by atoms with Gasteiger partial charge in [0.05, 0.1) is 18.4 Å². The number of benzene rings is 1. The fraction of sp³-hybridized carbons (Fsp3) is 0.444. The van der Waals surface area contributed by atoms with E-state index in [2.05, 4.69) is 24.1 Å². The first-order chi connectivity index (χ1) is 11.3. The lowest BCUT2D eigenvalue weighted by atomic mass is 10.2. The minimum atomic E-state index is -0.229. The number of hydrogen-bond donors (Lipinski definition) is 1. The summed E-state index contributed by atoms with van der Waals surface area (Å²) in [6.07, 6.45) is 0.0165. The second-order valence-electron chi connectivity index (χ2n) is 6.31. The number of thiazole rings is 1. The molecule has 1 N–H and O–H groups in total. The molecule has 0 bridgehead atoms. The van der Waals surface area contributed by atoms with E-state index in [0.29, 0.717) is 34.7 Å². The Kier molecular flexibility index (Phi) is 6.20. The molecule has 0 aliphatic carbocycles. The normalized spacial score (nSPS) is 11.0. The van der Waals surface area contributed by atoms with Crippen LogP contribution in [0.25, 0.3) is 0 Å². The van der Waals surface area contributed by atoms with Gasteiger partial charge in [0, 0.05) is 17.0 Å². The molecule has 1 aromatic carbocycles. The third-order valence-electron chi connectivity index (χ3n) is 2.94. The van der Waals surface area contributed by atoms with Gasteiger partial charge in [-0.1, -0.05) is 13.8 Å². The van der Waals surface area contributed by atoms with Crippen molar-refractivity contribution in [1.29, 1.82) is 0 Å². The molecule has 0 aliphatic heterocycles. The summed E-state index contributed by atoms with van der Waals surface area (Å²) >= 11 is 1.40. The summed E-state index contributed by atoms with van der Waals surface area (Å²) in [6, 6.07) is 5.26. The molecule has 0 unspecified atom stereocenters. The standard InChI is InChI=1S/C18H24N2O3S/c1-11(2)9-22-15-6-14(7-16(8-15)23-12(3)4)17(21)20-18-19-13(5)10-24-18/h6-8,10-12H,9H2,1-5H3,(H,19,20,21). The SMILES string of the molecule is Cc1csc(NC(=O)c2cc(OCC(C)C)cc(OC(C)C)c2)n1. The predicted octanol–water partition coefficient (Wildman–Crippen LogP) is 4.53. The van der Waals surface area contributed by atoms with Gasteiger partial charge >= 0.3 is 0 Å². The Bertz CT molecular complexity index is 695. The molecule has 130 valence electrons. The zero-order valence-electron chi connectivity index (χ0n) is 14.8. The van der Waals surface area contributed by atoms with Crippen molar-refractivity contribution < 1.29 is 14.3 Å². The third kappa shape index (κ3) is 5.53. The fourth-order valence-corrected chi connectivity index (χ4v) is 2.65. The Morgan fingerprint density at radius 2 is 1.92 bits per heavy atom. The van der Waals surface area contributed by atoms with Gasteiger partial charge in [-0.3, -0.25) is 10.1 Å². The second kappa shape index (κ2) is 8.15. The van der Waals surface area contributed by atoms with Crippen molar-refractivity contribution >= 4 is 22.4 Å². The minimum Gasteiger partial charge on any atom is -0.493 e. The Labute approximate surface area is 147 Å². The molecule has 1 heterocycles. The van der Waals surface area contributed by atoms with Crippen molar-refractivity contribution in [3.05, 3.63) is 34.8 Å². The molecule has 6 heteroatoms. The maximum Gasteiger partial charge on any atom is 0.257 e. The second-order valence-corrected chi connectivity index (χ2v) is 7.17. The number of rotatable bonds is 7. The highest BCUT2D eigenvalue weighted by Crippen LogP contribution is 2.25. The average molecular weight is 348 g/mol. The van der Waals surface area contributed by atoms with Gasteiger partial charge in [0.15, 0.2) is 5.13 Å². The quantitative estimate of drug-likeness (QED) is 0.799. The summed E-state index contributed by atoms with van der Waals surface area (Å²) in [4.78, 5) is 16.7. The molecule has 24 heavy (non-hydrogen) atoms. The molecule has 5 nitrogen and oxygen atoms in total. The molecule has 2 aromatic rings. The molecule has 2 rings (SSSR count). The van der Waals surface area contributed by atoms with Crippen molar-refractivity contribution in [3.8, 4) is 11.5 Å². The van der Waals surface area contributed by atoms with Crippen LogP contribution in [0.5, 0.6) is 11.5 Å². The Hall–Kier alpha value is -2.08. The zero-order chi connectivity index (χ0) is 17.7. The molecular formula is C18H24N2O3S. The number of aromatic nitrogens is 1. The number of carbonyl (C=O) groups is 1. The average Bonchev–Trinajstić information content (AvgIpc) is 2.89. The fourth-order valence-electron chi connectivity index (χ4n) is 1.97. The van der Waals surface area contributed by atoms with Crippen LogP contribution in [0, 0.1) is 12.8 Å². The molecule has 0 saturated carbocycles. The number of hydrogen-bond acceptors (Lipinski definition) is 5. The molecule has 0 spiro atoms. The van der Waals surface area contributed by atoms with Gasteiger partial charge in [0.2, 0.25) is 0 Å². The van der Waals surface area contributed by atoms with E-state index in [1.54, 1.807) is 12.1 Å². The number of carbonyl (C=O) groups excluding carboxylic acids is 1. The molecule has 1 aromatic heterocycles. The van der Waals surface area contributed by atoms with E-state index >= 15 is 0 Å². The minimum absolute atomic E-state index is 0.0165. The summed E-state index contributed by atoms with van der Waals surface area (Å²) < 4.78 is 11.5. The highest BCUT2D eigenvalue weighted by Gasteiger charge is 2.13. The van der Waals surface area contributed by atoms with Gasteiger partial charge in [-0.15, -0.1) is 11.3 Å². The zero-order valence-corrected chi connectivity index (χ0v) is 15.6. The third-order valence-corrected chi connectivity index (χ3v) is 3.81. The van der Waals surface area contributed by atoms with Crippen LogP contribution >= 0.6 is 11.3 Å². The van der Waals surface area contributed by atoms with Crippen molar-refractivity contribution in [1.82, 2.24) is 4.98 Å². The van der Waals surface area contributed by atoms with Crippen LogP contribution in [0.3, 0.4) is 0 Å². The molecule has 0 radical (unpaired) electrons. The maximum absolute atomic E-state index is 12.5. The number of ether oxygens (including phenoxy) is 2. The molecule has 0 atom stereocenters. The monoisotopic (exact) mass is 348 g/mol. The number of anilines is 1. The molecular weight excluding hydrogens is 324 g/mol. The molecule has 0 fully saturated rings. The lowest BCUT2D eigenvalue weighted by Gasteiger charge is -2.15. The summed E-state index contributed by atoms with van der Waals surface area (Å²) in [6.45, 7) is 10.5. The molecule has 1 amide bonds. The first-order valence-corrected chi connectivity index (χ1v) is 8.89. The first-order valence-electron chi connectivity index (χ1n) is 8.01. The van der Waals surface area contributed by atoms with Crippen LogP contribution in [0.4, 0.5) is 5.13 Å². The van der Waals surface area contributed by atoms with E-state index in [0.717, 1.165) is 5.69 Å². The summed E-state index contributed by atoms with van der Waals surface area (Å²) in [5, 5.41) is 5.28. The van der Waals surface area contributed by atoms with Crippen molar-refractivity contribution in [2.45, 2.75) is 40.7 Å². The van der Waals surface area contributed by atoms with E-state index in [4.69, 9.17) is 9.47 Å². The number of nitrogens with zero attached hydrogens (tertiary/aromatic N) is 1. The van der Waals surface area contributed by atoms with Crippen molar-refractivity contribution in [3.63, 3.8) is 0 Å².